The lowest BCUT2D eigenvalue weighted by Crippen LogP contribution is -2.40. The molecule has 2 aliphatic rings. The minimum atomic E-state index is -2.94. The van der Waals surface area contributed by atoms with Gasteiger partial charge in [-0.05, 0) is 44.9 Å². The molecule has 2 rings (SSSR count). The Morgan fingerprint density at radius 1 is 1.33 bits per heavy atom. The average Bonchev–Trinajstić information content (AvgIpc) is 3.28. The van der Waals surface area contributed by atoms with Crippen LogP contribution < -0.4 is 5.32 Å². The minimum Gasteiger partial charge on any atom is -0.381 e. The molecule has 0 unspecified atom stereocenters. The SMILES string of the molecule is CCNC(=NCC1(CS(C)(=O)=O)CC1)N(C)CCC1CCOCC1. The number of nitrogens with one attached hydrogen (secondary N) is 1. The number of rotatable bonds is 8. The van der Waals surface area contributed by atoms with E-state index in [0.29, 0.717) is 6.54 Å². The van der Waals surface area contributed by atoms with E-state index in [1.54, 1.807) is 0 Å². The van der Waals surface area contributed by atoms with Crippen molar-refractivity contribution in [1.82, 2.24) is 10.2 Å². The summed E-state index contributed by atoms with van der Waals surface area (Å²) in [7, 11) is -0.873. The van der Waals surface area contributed by atoms with Gasteiger partial charge in [-0.25, -0.2) is 8.42 Å². The second kappa shape index (κ2) is 8.52. The molecule has 0 aromatic heterocycles. The Bertz CT molecular complexity index is 523. The molecular weight excluding hydrogens is 326 g/mol. The first-order valence-corrected chi connectivity index (χ1v) is 11.1. The van der Waals surface area contributed by atoms with Crippen molar-refractivity contribution in [3.8, 4) is 0 Å². The first-order chi connectivity index (χ1) is 11.3. The minimum absolute atomic E-state index is 0.115. The fraction of sp³-hybridized carbons (Fsp3) is 0.941. The summed E-state index contributed by atoms with van der Waals surface area (Å²) in [6.45, 7) is 6.22. The molecule has 1 N–H and O–H groups in total. The highest BCUT2D eigenvalue weighted by Gasteiger charge is 2.45. The maximum Gasteiger partial charge on any atom is 0.193 e. The van der Waals surface area contributed by atoms with Crippen LogP contribution in [0.5, 0.6) is 0 Å². The van der Waals surface area contributed by atoms with Crippen LogP contribution in [-0.2, 0) is 14.6 Å². The second-order valence-electron chi connectivity index (χ2n) is 7.51. The predicted octanol–water partition coefficient (Wildman–Crippen LogP) is 1.53. The third-order valence-electron chi connectivity index (χ3n) is 5.00. The fourth-order valence-electron chi connectivity index (χ4n) is 3.31. The van der Waals surface area contributed by atoms with Crippen LogP contribution in [0.1, 0.15) is 39.0 Å². The van der Waals surface area contributed by atoms with E-state index in [0.717, 1.165) is 70.3 Å². The van der Waals surface area contributed by atoms with Gasteiger partial charge >= 0.3 is 0 Å². The van der Waals surface area contributed by atoms with Crippen LogP contribution in [0.2, 0.25) is 0 Å². The normalized spacial score (nSPS) is 21.5. The Morgan fingerprint density at radius 2 is 2.00 bits per heavy atom. The van der Waals surface area contributed by atoms with E-state index in [1.807, 2.05) is 0 Å². The summed E-state index contributed by atoms with van der Waals surface area (Å²) in [5.41, 5.74) is -0.115. The summed E-state index contributed by atoms with van der Waals surface area (Å²) in [6.07, 6.45) is 6.71. The molecule has 140 valence electrons. The van der Waals surface area contributed by atoms with Crippen LogP contribution in [-0.4, -0.2) is 71.2 Å². The highest BCUT2D eigenvalue weighted by Crippen LogP contribution is 2.46. The summed E-state index contributed by atoms with van der Waals surface area (Å²) in [4.78, 5) is 6.91. The zero-order chi connectivity index (χ0) is 17.6. The van der Waals surface area contributed by atoms with Gasteiger partial charge in [0.05, 0.1) is 5.75 Å². The van der Waals surface area contributed by atoms with Crippen molar-refractivity contribution in [2.75, 3.05) is 51.9 Å². The Hall–Kier alpha value is -0.820. The molecule has 0 aromatic carbocycles. The summed E-state index contributed by atoms with van der Waals surface area (Å²) >= 11 is 0. The average molecular weight is 360 g/mol. The molecule has 1 saturated carbocycles. The molecule has 0 atom stereocenters. The molecule has 1 aliphatic carbocycles. The highest BCUT2D eigenvalue weighted by atomic mass is 32.2. The molecule has 6 nitrogen and oxygen atoms in total. The molecule has 0 aromatic rings. The maximum absolute atomic E-state index is 11.6. The van der Waals surface area contributed by atoms with Crippen LogP contribution in [0.3, 0.4) is 0 Å². The lowest BCUT2D eigenvalue weighted by atomic mass is 9.96. The maximum atomic E-state index is 11.6. The Kier molecular flexibility index (Phi) is 6.92. The second-order valence-corrected chi connectivity index (χ2v) is 9.65. The van der Waals surface area contributed by atoms with E-state index in [9.17, 15) is 8.42 Å². The van der Waals surface area contributed by atoms with E-state index >= 15 is 0 Å². The van der Waals surface area contributed by atoms with Crippen molar-refractivity contribution < 1.29 is 13.2 Å². The van der Waals surface area contributed by atoms with Crippen molar-refractivity contribution in [3.05, 3.63) is 0 Å². The smallest absolute Gasteiger partial charge is 0.193 e. The zero-order valence-corrected chi connectivity index (χ0v) is 16.2. The van der Waals surface area contributed by atoms with Gasteiger partial charge in [0.1, 0.15) is 9.84 Å². The molecule has 0 spiro atoms. The van der Waals surface area contributed by atoms with Crippen LogP contribution in [0.4, 0.5) is 0 Å². The Balaban J connectivity index is 1.87. The topological polar surface area (TPSA) is 71.0 Å². The predicted molar refractivity (Wildman–Crippen MR) is 98.1 cm³/mol. The van der Waals surface area contributed by atoms with Crippen LogP contribution in [0.15, 0.2) is 4.99 Å². The molecule has 0 radical (unpaired) electrons. The lowest BCUT2D eigenvalue weighted by molar-refractivity contribution is 0.0625. The molecule has 2 fully saturated rings. The van der Waals surface area contributed by atoms with Crippen molar-refractivity contribution in [3.63, 3.8) is 0 Å². The molecule has 1 heterocycles. The highest BCUT2D eigenvalue weighted by molar-refractivity contribution is 7.90. The van der Waals surface area contributed by atoms with Gasteiger partial charge in [-0.3, -0.25) is 4.99 Å². The molecule has 0 amide bonds. The van der Waals surface area contributed by atoms with Crippen molar-refractivity contribution in [2.45, 2.75) is 39.0 Å². The van der Waals surface area contributed by atoms with Crippen LogP contribution in [0, 0.1) is 11.3 Å². The Labute approximate surface area is 147 Å². The Morgan fingerprint density at radius 3 is 2.54 bits per heavy atom. The third kappa shape index (κ3) is 6.59. The number of ether oxygens (including phenoxy) is 1. The lowest BCUT2D eigenvalue weighted by Gasteiger charge is -2.27. The summed E-state index contributed by atoms with van der Waals surface area (Å²) in [5.74, 6) is 1.89. The van der Waals surface area contributed by atoms with Crippen molar-refractivity contribution in [2.24, 2.45) is 16.3 Å². The largest absolute Gasteiger partial charge is 0.381 e. The zero-order valence-electron chi connectivity index (χ0n) is 15.4. The van der Waals surface area contributed by atoms with Gasteiger partial charge in [-0.1, -0.05) is 0 Å². The van der Waals surface area contributed by atoms with Crippen molar-refractivity contribution >= 4 is 15.8 Å². The first-order valence-electron chi connectivity index (χ1n) is 9.08. The van der Waals surface area contributed by atoms with Gasteiger partial charge < -0.3 is 15.0 Å². The van der Waals surface area contributed by atoms with Gasteiger partial charge in [-0.15, -0.1) is 0 Å². The number of guanidine groups is 1. The van der Waals surface area contributed by atoms with Gasteiger partial charge in [-0.2, -0.15) is 0 Å². The van der Waals surface area contributed by atoms with E-state index in [1.165, 1.54) is 6.26 Å². The van der Waals surface area contributed by atoms with Crippen molar-refractivity contribution in [1.29, 1.82) is 0 Å². The van der Waals surface area contributed by atoms with Gasteiger partial charge in [0, 0.05) is 51.6 Å². The van der Waals surface area contributed by atoms with E-state index in [-0.39, 0.29) is 11.2 Å². The standard InChI is InChI=1S/C17H33N3O3S/c1-4-18-16(19-13-17(8-9-17)14-24(3,21)22)20(2)10-5-15-6-11-23-12-7-15/h15H,4-14H2,1-3H3,(H,18,19). The quantitative estimate of drug-likeness (QED) is 0.526. The van der Waals surface area contributed by atoms with Gasteiger partial charge in [0.2, 0.25) is 0 Å². The number of sulfone groups is 1. The molecular formula is C17H33N3O3S. The summed E-state index contributed by atoms with van der Waals surface area (Å²) in [6, 6.07) is 0. The number of hydrogen-bond donors (Lipinski definition) is 1. The summed E-state index contributed by atoms with van der Waals surface area (Å²) in [5, 5.41) is 3.34. The fourth-order valence-corrected chi connectivity index (χ4v) is 4.80. The number of hydrogen-bond acceptors (Lipinski definition) is 4. The number of nitrogens with zero attached hydrogens (tertiary/aromatic N) is 2. The van der Waals surface area contributed by atoms with Gasteiger partial charge in [0.25, 0.3) is 0 Å². The van der Waals surface area contributed by atoms with Crippen LogP contribution >= 0.6 is 0 Å². The molecule has 1 saturated heterocycles. The molecule has 7 heteroatoms. The number of aliphatic imine (C=N–C) groups is 1. The van der Waals surface area contributed by atoms with Crippen LogP contribution in [0.25, 0.3) is 0 Å². The monoisotopic (exact) mass is 359 g/mol. The molecule has 1 aliphatic heterocycles. The summed E-state index contributed by atoms with van der Waals surface area (Å²) < 4.78 is 28.6. The first kappa shape index (κ1) is 19.5. The van der Waals surface area contributed by atoms with E-state index < -0.39 is 9.84 Å². The van der Waals surface area contributed by atoms with E-state index in [2.05, 4.69) is 24.2 Å². The molecule has 0 bridgehead atoms. The molecule has 24 heavy (non-hydrogen) atoms. The van der Waals surface area contributed by atoms with E-state index in [4.69, 9.17) is 9.73 Å². The van der Waals surface area contributed by atoms with Gasteiger partial charge in [0.15, 0.2) is 5.96 Å². The third-order valence-corrected chi connectivity index (χ3v) is 6.14.